The Labute approximate surface area is 114 Å². The molecule has 106 valence electrons. The van der Waals surface area contributed by atoms with Crippen LogP contribution in [0, 0.1) is 0 Å². The first kappa shape index (κ1) is 14.1. The summed E-state index contributed by atoms with van der Waals surface area (Å²) in [6.07, 6.45) is 5.33. The van der Waals surface area contributed by atoms with Crippen molar-refractivity contribution in [2.75, 3.05) is 24.5 Å². The molecular weight excluding hydrogens is 240 g/mol. The maximum Gasteiger partial charge on any atom is 0.268 e. The van der Waals surface area contributed by atoms with Crippen LogP contribution >= 0.6 is 0 Å². The zero-order valence-electron chi connectivity index (χ0n) is 11.9. The number of hydrogen-bond acceptors (Lipinski definition) is 4. The van der Waals surface area contributed by atoms with Crippen molar-refractivity contribution in [3.63, 3.8) is 0 Å². The minimum atomic E-state index is -0.00430. The Bertz CT molecular complexity index is 451. The highest BCUT2D eigenvalue weighted by atomic mass is 16.1. The first-order chi connectivity index (χ1) is 9.20. The summed E-state index contributed by atoms with van der Waals surface area (Å²) in [4.78, 5) is 14.2. The van der Waals surface area contributed by atoms with Gasteiger partial charge in [0.15, 0.2) is 0 Å². The molecule has 19 heavy (non-hydrogen) atoms. The fourth-order valence-electron chi connectivity index (χ4n) is 2.30. The lowest BCUT2D eigenvalue weighted by molar-refractivity contribution is 0.476. The summed E-state index contributed by atoms with van der Waals surface area (Å²) >= 11 is 0. The van der Waals surface area contributed by atoms with E-state index in [-0.39, 0.29) is 5.56 Å². The molecule has 5 heteroatoms. The summed E-state index contributed by atoms with van der Waals surface area (Å²) in [5.41, 5.74) is 0.962. The molecule has 2 rings (SSSR count). The van der Waals surface area contributed by atoms with Crippen molar-refractivity contribution in [2.45, 2.75) is 45.7 Å². The van der Waals surface area contributed by atoms with Crippen LogP contribution in [0.1, 0.15) is 33.1 Å². The van der Waals surface area contributed by atoms with E-state index in [0.717, 1.165) is 31.7 Å². The van der Waals surface area contributed by atoms with Gasteiger partial charge in [0.1, 0.15) is 0 Å². The Kier molecular flexibility index (Phi) is 4.96. The van der Waals surface area contributed by atoms with Gasteiger partial charge in [-0.25, -0.2) is 4.68 Å². The fourth-order valence-corrected chi connectivity index (χ4v) is 2.30. The topological polar surface area (TPSA) is 50.2 Å². The molecule has 1 fully saturated rings. The van der Waals surface area contributed by atoms with E-state index in [4.69, 9.17) is 0 Å². The lowest BCUT2D eigenvalue weighted by atomic mass is 10.3. The molecule has 1 N–H and O–H groups in total. The van der Waals surface area contributed by atoms with Crippen molar-refractivity contribution in [1.82, 2.24) is 15.1 Å². The van der Waals surface area contributed by atoms with Crippen LogP contribution < -0.4 is 15.8 Å². The normalized spacial score (nSPS) is 16.8. The highest BCUT2D eigenvalue weighted by Gasteiger charge is 2.13. The van der Waals surface area contributed by atoms with Crippen LogP contribution in [0.15, 0.2) is 17.1 Å². The predicted octanol–water partition coefficient (Wildman–Crippen LogP) is 1.23. The van der Waals surface area contributed by atoms with Crippen molar-refractivity contribution in [3.05, 3.63) is 22.6 Å². The summed E-state index contributed by atoms with van der Waals surface area (Å²) < 4.78 is 1.54. The van der Waals surface area contributed by atoms with Gasteiger partial charge in [0.25, 0.3) is 5.56 Å². The molecule has 1 unspecified atom stereocenters. The van der Waals surface area contributed by atoms with Crippen molar-refractivity contribution in [2.24, 2.45) is 0 Å². The van der Waals surface area contributed by atoms with E-state index < -0.39 is 0 Å². The molecule has 1 aliphatic heterocycles. The molecule has 1 aromatic rings. The first-order valence-corrected chi connectivity index (χ1v) is 7.26. The predicted molar refractivity (Wildman–Crippen MR) is 77.7 cm³/mol. The van der Waals surface area contributed by atoms with Crippen molar-refractivity contribution in [1.29, 1.82) is 0 Å². The standard InChI is InChI=1S/C14H24N4O/c1-3-12(2)15-6-9-18-14(19)10-13(11-16-18)17-7-4-5-8-17/h10-12,15H,3-9H2,1-2H3. The number of nitrogens with one attached hydrogen (secondary N) is 1. The van der Waals surface area contributed by atoms with Crippen molar-refractivity contribution >= 4 is 5.69 Å². The number of nitrogens with zero attached hydrogens (tertiary/aromatic N) is 3. The van der Waals surface area contributed by atoms with E-state index in [1.165, 1.54) is 17.5 Å². The number of hydrogen-bond donors (Lipinski definition) is 1. The largest absolute Gasteiger partial charge is 0.370 e. The molecule has 1 atom stereocenters. The van der Waals surface area contributed by atoms with E-state index in [1.54, 1.807) is 6.07 Å². The molecular formula is C14H24N4O. The van der Waals surface area contributed by atoms with Crippen LogP contribution in [0.3, 0.4) is 0 Å². The van der Waals surface area contributed by atoms with Crippen molar-refractivity contribution < 1.29 is 0 Å². The second-order valence-electron chi connectivity index (χ2n) is 5.23. The molecule has 0 spiro atoms. The Morgan fingerprint density at radius 1 is 1.42 bits per heavy atom. The van der Waals surface area contributed by atoms with E-state index in [1.807, 2.05) is 6.20 Å². The summed E-state index contributed by atoms with van der Waals surface area (Å²) in [7, 11) is 0. The second-order valence-corrected chi connectivity index (χ2v) is 5.23. The van der Waals surface area contributed by atoms with Gasteiger partial charge in [-0.05, 0) is 26.2 Å². The monoisotopic (exact) mass is 264 g/mol. The minimum Gasteiger partial charge on any atom is -0.370 e. The van der Waals surface area contributed by atoms with Gasteiger partial charge in [-0.15, -0.1) is 0 Å². The lowest BCUT2D eigenvalue weighted by Crippen LogP contribution is -2.33. The van der Waals surface area contributed by atoms with Gasteiger partial charge in [-0.1, -0.05) is 6.92 Å². The highest BCUT2D eigenvalue weighted by molar-refractivity contribution is 5.43. The third-order valence-corrected chi connectivity index (χ3v) is 3.76. The SMILES string of the molecule is CCC(C)NCCn1ncc(N2CCCC2)cc1=O. The summed E-state index contributed by atoms with van der Waals surface area (Å²) in [6, 6.07) is 2.20. The average molecular weight is 264 g/mol. The fraction of sp³-hybridized carbons (Fsp3) is 0.714. The van der Waals surface area contributed by atoms with Crippen LogP contribution in [0.25, 0.3) is 0 Å². The minimum absolute atomic E-state index is 0.00430. The summed E-state index contributed by atoms with van der Waals surface area (Å²) in [5, 5.41) is 7.64. The molecule has 0 radical (unpaired) electrons. The number of aromatic nitrogens is 2. The van der Waals surface area contributed by atoms with E-state index in [9.17, 15) is 4.79 Å². The number of rotatable bonds is 6. The highest BCUT2D eigenvalue weighted by Crippen LogP contribution is 2.16. The molecule has 1 saturated heterocycles. The Morgan fingerprint density at radius 3 is 2.79 bits per heavy atom. The Hall–Kier alpha value is -1.36. The van der Waals surface area contributed by atoms with E-state index in [2.05, 4.69) is 29.2 Å². The molecule has 1 aliphatic rings. The van der Waals surface area contributed by atoms with Gasteiger partial charge in [0, 0.05) is 31.7 Å². The Balaban J connectivity index is 1.93. The lowest BCUT2D eigenvalue weighted by Gasteiger charge is -2.17. The molecule has 2 heterocycles. The Morgan fingerprint density at radius 2 is 2.16 bits per heavy atom. The molecule has 0 aromatic carbocycles. The molecule has 0 saturated carbocycles. The molecule has 0 amide bonds. The van der Waals surface area contributed by atoms with Gasteiger partial charge in [-0.3, -0.25) is 4.79 Å². The maximum atomic E-state index is 12.0. The van der Waals surface area contributed by atoms with Gasteiger partial charge < -0.3 is 10.2 Å². The zero-order valence-corrected chi connectivity index (χ0v) is 11.9. The van der Waals surface area contributed by atoms with Gasteiger partial charge >= 0.3 is 0 Å². The second kappa shape index (κ2) is 6.70. The summed E-state index contributed by atoms with van der Waals surface area (Å²) in [5.74, 6) is 0. The van der Waals surface area contributed by atoms with E-state index >= 15 is 0 Å². The van der Waals surface area contributed by atoms with Crippen LogP contribution in [0.4, 0.5) is 5.69 Å². The molecule has 0 bridgehead atoms. The zero-order chi connectivity index (χ0) is 13.7. The summed E-state index contributed by atoms with van der Waals surface area (Å²) in [6.45, 7) is 7.79. The van der Waals surface area contributed by atoms with Crippen LogP contribution in [-0.4, -0.2) is 35.5 Å². The third-order valence-electron chi connectivity index (χ3n) is 3.76. The first-order valence-electron chi connectivity index (χ1n) is 7.26. The smallest absolute Gasteiger partial charge is 0.268 e. The maximum absolute atomic E-state index is 12.0. The molecule has 0 aliphatic carbocycles. The molecule has 5 nitrogen and oxygen atoms in total. The van der Waals surface area contributed by atoms with Gasteiger partial charge in [-0.2, -0.15) is 5.10 Å². The quantitative estimate of drug-likeness (QED) is 0.839. The van der Waals surface area contributed by atoms with Crippen molar-refractivity contribution in [3.8, 4) is 0 Å². The van der Waals surface area contributed by atoms with E-state index in [0.29, 0.717) is 12.6 Å². The average Bonchev–Trinajstić information content (AvgIpc) is 2.94. The van der Waals surface area contributed by atoms with Crippen LogP contribution in [0.5, 0.6) is 0 Å². The molecule has 1 aromatic heterocycles. The van der Waals surface area contributed by atoms with Crippen LogP contribution in [-0.2, 0) is 6.54 Å². The van der Waals surface area contributed by atoms with Gasteiger partial charge in [0.05, 0.1) is 18.4 Å². The third kappa shape index (κ3) is 3.80. The number of anilines is 1. The van der Waals surface area contributed by atoms with Gasteiger partial charge in [0.2, 0.25) is 0 Å². The van der Waals surface area contributed by atoms with Crippen LogP contribution in [0.2, 0.25) is 0 Å².